The van der Waals surface area contributed by atoms with Crippen LogP contribution in [0.2, 0.25) is 0 Å². The van der Waals surface area contributed by atoms with Crippen LogP contribution >= 0.6 is 0 Å². The van der Waals surface area contributed by atoms with Gasteiger partial charge in [-0.25, -0.2) is 4.79 Å². The Balaban J connectivity index is 2.26. The lowest BCUT2D eigenvalue weighted by molar-refractivity contribution is -0.319. The lowest BCUT2D eigenvalue weighted by Gasteiger charge is -2.58. The molecule has 0 aliphatic carbocycles. The molecule has 2 heterocycles. The fourth-order valence-corrected chi connectivity index (χ4v) is 4.41. The zero-order valence-corrected chi connectivity index (χ0v) is 18.3. The van der Waals surface area contributed by atoms with E-state index in [1.807, 2.05) is 0 Å². The first kappa shape index (κ1) is 23.5. The van der Waals surface area contributed by atoms with E-state index in [2.05, 4.69) is 6.92 Å². The minimum Gasteiger partial charge on any atom is -0.458 e. The van der Waals surface area contributed by atoms with Crippen molar-refractivity contribution < 1.29 is 33.7 Å². The summed E-state index contributed by atoms with van der Waals surface area (Å²) in [4.78, 5) is 37.1. The Hall–Kier alpha value is -1.73. The molecule has 2 aliphatic rings. The molecule has 1 N–H and O–H groups in total. The Bertz CT molecular complexity index is 672. The van der Waals surface area contributed by atoms with E-state index in [-0.39, 0.29) is 5.78 Å². The van der Waals surface area contributed by atoms with Crippen LogP contribution in [0.5, 0.6) is 0 Å². The first-order valence-electron chi connectivity index (χ1n) is 10.5. The summed E-state index contributed by atoms with van der Waals surface area (Å²) >= 11 is 0. The van der Waals surface area contributed by atoms with E-state index in [0.29, 0.717) is 0 Å². The van der Waals surface area contributed by atoms with Crippen molar-refractivity contribution >= 4 is 17.7 Å². The number of allylic oxidation sites excluding steroid dienone is 1. The van der Waals surface area contributed by atoms with Crippen LogP contribution < -0.4 is 0 Å². The number of hydrogen-bond donors (Lipinski definition) is 1. The first-order valence-corrected chi connectivity index (χ1v) is 10.5. The maximum Gasteiger partial charge on any atom is 0.330 e. The van der Waals surface area contributed by atoms with Gasteiger partial charge in [-0.15, -0.1) is 0 Å². The number of carbonyl (C=O) groups excluding carboxylic acids is 3. The average Bonchev–Trinajstić information content (AvgIpc) is 2.65. The van der Waals surface area contributed by atoms with E-state index in [4.69, 9.17) is 14.2 Å². The van der Waals surface area contributed by atoms with Gasteiger partial charge in [0, 0.05) is 12.0 Å². The normalized spacial score (nSPS) is 39.7. The molecule has 2 saturated heterocycles. The summed E-state index contributed by atoms with van der Waals surface area (Å²) in [5, 5.41) is 10.7. The number of hydrogen-bond acceptors (Lipinski definition) is 7. The molecular formula is C22H34O7. The Morgan fingerprint density at radius 2 is 1.90 bits per heavy atom. The second-order valence-electron chi connectivity index (χ2n) is 8.65. The van der Waals surface area contributed by atoms with Crippen LogP contribution in [0, 0.1) is 11.8 Å². The highest BCUT2D eigenvalue weighted by Crippen LogP contribution is 2.48. The van der Waals surface area contributed by atoms with Gasteiger partial charge in [-0.05, 0) is 40.5 Å². The van der Waals surface area contributed by atoms with Crippen molar-refractivity contribution in [1.82, 2.24) is 0 Å². The van der Waals surface area contributed by atoms with Crippen LogP contribution in [0.4, 0.5) is 0 Å². The number of aliphatic hydroxyl groups excluding tert-OH is 1. The third-order valence-corrected chi connectivity index (χ3v) is 6.34. The van der Waals surface area contributed by atoms with Crippen molar-refractivity contribution in [3.05, 3.63) is 12.2 Å². The van der Waals surface area contributed by atoms with Crippen molar-refractivity contribution in [3.63, 3.8) is 0 Å². The molecule has 0 unspecified atom stereocenters. The Morgan fingerprint density at radius 1 is 1.24 bits per heavy atom. The van der Waals surface area contributed by atoms with E-state index < -0.39 is 53.3 Å². The summed E-state index contributed by atoms with van der Waals surface area (Å²) in [7, 11) is 0. The van der Waals surface area contributed by atoms with Gasteiger partial charge in [0.2, 0.25) is 0 Å². The maximum atomic E-state index is 12.5. The number of rotatable bonds is 7. The molecule has 2 rings (SSSR count). The van der Waals surface area contributed by atoms with Gasteiger partial charge in [0.1, 0.15) is 17.8 Å². The standard InChI is InChI=1S/C22H34O7/c1-7-8-9-10-11-12-16(24)27-18-14(3)19-22(6,29-21(18,5)15(4)23)17(25)13(2)20(26)28-19/h11-14,17-19,25H,7-10H2,1-6H3/b12-11+/t13-,14-,17+,18-,19+,21+,22-/m1/s1. The van der Waals surface area contributed by atoms with Gasteiger partial charge in [0.15, 0.2) is 11.4 Å². The second-order valence-corrected chi connectivity index (χ2v) is 8.65. The lowest BCUT2D eigenvalue weighted by Crippen LogP contribution is -2.74. The van der Waals surface area contributed by atoms with Gasteiger partial charge in [-0.1, -0.05) is 32.8 Å². The minimum atomic E-state index is -1.47. The Morgan fingerprint density at radius 3 is 2.48 bits per heavy atom. The molecule has 164 valence electrons. The Kier molecular flexibility index (Phi) is 7.28. The first-order chi connectivity index (χ1) is 13.5. The number of esters is 2. The van der Waals surface area contributed by atoms with Gasteiger partial charge in [-0.3, -0.25) is 9.59 Å². The number of carbonyl (C=O) groups is 3. The lowest BCUT2D eigenvalue weighted by atomic mass is 9.69. The predicted octanol–water partition coefficient (Wildman–Crippen LogP) is 2.73. The van der Waals surface area contributed by atoms with Gasteiger partial charge in [0.25, 0.3) is 0 Å². The van der Waals surface area contributed by atoms with Crippen LogP contribution in [0.1, 0.15) is 67.2 Å². The zero-order valence-electron chi connectivity index (χ0n) is 18.3. The van der Waals surface area contributed by atoms with E-state index >= 15 is 0 Å². The molecule has 29 heavy (non-hydrogen) atoms. The number of aliphatic hydroxyl groups is 1. The number of unbranched alkanes of at least 4 members (excludes halogenated alkanes) is 3. The average molecular weight is 411 g/mol. The highest BCUT2D eigenvalue weighted by atomic mass is 16.6. The van der Waals surface area contributed by atoms with Crippen molar-refractivity contribution in [2.24, 2.45) is 11.8 Å². The molecule has 0 bridgehead atoms. The second kappa shape index (κ2) is 8.96. The van der Waals surface area contributed by atoms with E-state index in [1.54, 1.807) is 33.8 Å². The van der Waals surface area contributed by atoms with Gasteiger partial charge in [0.05, 0.1) is 12.0 Å². The van der Waals surface area contributed by atoms with Gasteiger partial charge >= 0.3 is 11.9 Å². The van der Waals surface area contributed by atoms with Crippen LogP contribution in [-0.4, -0.2) is 52.3 Å². The van der Waals surface area contributed by atoms with Crippen LogP contribution in [0.15, 0.2) is 12.2 Å². The third kappa shape index (κ3) is 4.40. The fourth-order valence-electron chi connectivity index (χ4n) is 4.41. The molecule has 0 aromatic rings. The molecule has 0 amide bonds. The monoisotopic (exact) mass is 410 g/mol. The van der Waals surface area contributed by atoms with Crippen LogP contribution in [0.3, 0.4) is 0 Å². The molecule has 7 nitrogen and oxygen atoms in total. The molecule has 0 radical (unpaired) electrons. The van der Waals surface area contributed by atoms with Crippen molar-refractivity contribution in [2.45, 2.75) is 96.7 Å². The number of fused-ring (bicyclic) bond motifs is 1. The van der Waals surface area contributed by atoms with Crippen molar-refractivity contribution in [2.75, 3.05) is 0 Å². The SMILES string of the molecule is CCCCC/C=C/C(=O)O[C@@H]1[C@@H](C)[C@@H]2OC(=O)[C@H](C)[C@H](O)[C@@]2(C)O[C@@]1(C)C(C)=O. The summed E-state index contributed by atoms with van der Waals surface area (Å²) in [6.07, 6.45) is 4.10. The topological polar surface area (TPSA) is 99.1 Å². The van der Waals surface area contributed by atoms with Crippen LogP contribution in [0.25, 0.3) is 0 Å². The van der Waals surface area contributed by atoms with Crippen molar-refractivity contribution in [3.8, 4) is 0 Å². The summed E-state index contributed by atoms with van der Waals surface area (Å²) in [5.74, 6) is -2.78. The minimum absolute atomic E-state index is 0.328. The number of Topliss-reactive ketones (excluding diaryl/α,β-unsaturated/α-hetero) is 1. The summed E-state index contributed by atoms with van der Waals surface area (Å²) < 4.78 is 17.3. The highest BCUT2D eigenvalue weighted by Gasteiger charge is 2.66. The molecule has 0 spiro atoms. The fraction of sp³-hybridized carbons (Fsp3) is 0.773. The molecule has 7 atom stereocenters. The molecular weight excluding hydrogens is 376 g/mol. The smallest absolute Gasteiger partial charge is 0.330 e. The molecule has 0 aromatic carbocycles. The molecule has 0 saturated carbocycles. The van der Waals surface area contributed by atoms with Crippen LogP contribution in [-0.2, 0) is 28.6 Å². The van der Waals surface area contributed by atoms with Gasteiger partial charge < -0.3 is 19.3 Å². The summed E-state index contributed by atoms with van der Waals surface area (Å²) in [6, 6.07) is 0. The van der Waals surface area contributed by atoms with Crippen molar-refractivity contribution in [1.29, 1.82) is 0 Å². The Labute approximate surface area is 172 Å². The zero-order chi connectivity index (χ0) is 22.0. The van der Waals surface area contributed by atoms with E-state index in [1.165, 1.54) is 13.0 Å². The maximum absolute atomic E-state index is 12.5. The van der Waals surface area contributed by atoms with E-state index in [9.17, 15) is 19.5 Å². The van der Waals surface area contributed by atoms with E-state index in [0.717, 1.165) is 25.7 Å². The number of ketones is 1. The molecule has 0 aromatic heterocycles. The largest absolute Gasteiger partial charge is 0.458 e. The quantitative estimate of drug-likeness (QED) is 0.391. The molecule has 2 aliphatic heterocycles. The van der Waals surface area contributed by atoms with Gasteiger partial charge in [-0.2, -0.15) is 0 Å². The molecule has 2 fully saturated rings. The summed E-state index contributed by atoms with van der Waals surface area (Å²) in [5.41, 5.74) is -2.76. The highest BCUT2D eigenvalue weighted by molar-refractivity contribution is 5.87. The number of ether oxygens (including phenoxy) is 3. The summed E-state index contributed by atoms with van der Waals surface area (Å²) in [6.45, 7) is 9.96. The predicted molar refractivity (Wildman–Crippen MR) is 106 cm³/mol. The third-order valence-electron chi connectivity index (χ3n) is 6.34. The molecule has 7 heteroatoms.